The Bertz CT molecular complexity index is 617. The summed E-state index contributed by atoms with van der Waals surface area (Å²) >= 11 is 3.41. The maximum Gasteiger partial charge on any atom is 0.134 e. The first kappa shape index (κ1) is 15.0. The summed E-state index contributed by atoms with van der Waals surface area (Å²) in [6.07, 6.45) is 0. The van der Waals surface area contributed by atoms with Gasteiger partial charge in [-0.05, 0) is 25.0 Å². The first-order valence-electron chi connectivity index (χ1n) is 6.18. The highest BCUT2D eigenvalue weighted by Gasteiger charge is 2.22. The molecule has 0 saturated heterocycles. The number of hydrogen-bond acceptors (Lipinski definition) is 1. The summed E-state index contributed by atoms with van der Waals surface area (Å²) in [5.41, 5.74) is 2.88. The van der Waals surface area contributed by atoms with Crippen LogP contribution in [0.4, 0.5) is 8.78 Å². The fourth-order valence-electron chi connectivity index (χ4n) is 2.11. The molecule has 2 rings (SSSR count). The van der Waals surface area contributed by atoms with Crippen LogP contribution >= 0.6 is 15.9 Å². The van der Waals surface area contributed by atoms with Crippen LogP contribution in [0, 0.1) is 25.5 Å². The maximum absolute atomic E-state index is 14.1. The minimum atomic E-state index is -0.621. The van der Waals surface area contributed by atoms with Gasteiger partial charge in [0.25, 0.3) is 0 Å². The molecule has 0 spiro atoms. The van der Waals surface area contributed by atoms with E-state index in [2.05, 4.69) is 15.9 Å². The highest BCUT2D eigenvalue weighted by atomic mass is 79.9. The topological polar surface area (TPSA) is 9.23 Å². The third kappa shape index (κ3) is 2.85. The van der Waals surface area contributed by atoms with Gasteiger partial charge in [-0.2, -0.15) is 0 Å². The highest BCUT2D eigenvalue weighted by Crippen LogP contribution is 2.37. The summed E-state index contributed by atoms with van der Waals surface area (Å²) in [4.78, 5) is -0.534. The Balaban J connectivity index is 2.53. The molecule has 4 heteroatoms. The Labute approximate surface area is 125 Å². The average molecular weight is 341 g/mol. The van der Waals surface area contributed by atoms with Crippen LogP contribution < -0.4 is 4.74 Å². The Morgan fingerprint density at radius 2 is 1.65 bits per heavy atom. The lowest BCUT2D eigenvalue weighted by Gasteiger charge is -2.16. The smallest absolute Gasteiger partial charge is 0.134 e. The number of rotatable bonds is 3. The molecule has 1 unspecified atom stereocenters. The van der Waals surface area contributed by atoms with E-state index < -0.39 is 16.5 Å². The zero-order valence-electron chi connectivity index (χ0n) is 11.5. The third-order valence-corrected chi connectivity index (χ3v) is 4.20. The molecule has 0 bridgehead atoms. The van der Waals surface area contributed by atoms with E-state index in [-0.39, 0.29) is 11.3 Å². The third-order valence-electron chi connectivity index (χ3n) is 3.25. The SMILES string of the molecule is COc1cc(F)c(C(Br)c2cc(C)ccc2C)c(F)c1. The molecule has 0 fully saturated rings. The molecule has 0 aromatic heterocycles. The predicted molar refractivity (Wildman–Crippen MR) is 79.6 cm³/mol. The van der Waals surface area contributed by atoms with Gasteiger partial charge in [0.2, 0.25) is 0 Å². The second kappa shape index (κ2) is 5.92. The van der Waals surface area contributed by atoms with Gasteiger partial charge in [-0.1, -0.05) is 39.7 Å². The van der Waals surface area contributed by atoms with Crippen molar-refractivity contribution in [2.75, 3.05) is 7.11 Å². The van der Waals surface area contributed by atoms with E-state index >= 15 is 0 Å². The van der Waals surface area contributed by atoms with Gasteiger partial charge >= 0.3 is 0 Å². The second-order valence-corrected chi connectivity index (χ2v) is 5.64. The molecular weight excluding hydrogens is 326 g/mol. The largest absolute Gasteiger partial charge is 0.497 e. The molecule has 0 radical (unpaired) electrons. The van der Waals surface area contributed by atoms with Crippen LogP contribution in [0.3, 0.4) is 0 Å². The minimum Gasteiger partial charge on any atom is -0.497 e. The fourth-order valence-corrected chi connectivity index (χ4v) is 3.04. The van der Waals surface area contributed by atoms with E-state index in [0.29, 0.717) is 0 Å². The van der Waals surface area contributed by atoms with E-state index in [0.717, 1.165) is 16.7 Å². The van der Waals surface area contributed by atoms with Gasteiger partial charge in [0, 0.05) is 17.7 Å². The molecule has 0 N–H and O–H groups in total. The van der Waals surface area contributed by atoms with Crippen molar-refractivity contribution in [3.05, 3.63) is 64.2 Å². The number of benzene rings is 2. The molecule has 0 aliphatic carbocycles. The van der Waals surface area contributed by atoms with Gasteiger partial charge < -0.3 is 4.74 Å². The van der Waals surface area contributed by atoms with Crippen molar-refractivity contribution in [2.45, 2.75) is 18.7 Å². The van der Waals surface area contributed by atoms with Crippen molar-refractivity contribution >= 4 is 15.9 Å². The zero-order valence-corrected chi connectivity index (χ0v) is 13.1. The standard InChI is InChI=1S/C16H15BrF2O/c1-9-4-5-10(2)12(6-9)16(17)15-13(18)7-11(20-3)8-14(15)19/h4-8,16H,1-3H3. The Hall–Kier alpha value is -1.42. The van der Waals surface area contributed by atoms with Crippen LogP contribution in [0.1, 0.15) is 27.1 Å². The number of aryl methyl sites for hydroxylation is 2. The van der Waals surface area contributed by atoms with Crippen molar-refractivity contribution in [1.29, 1.82) is 0 Å². The van der Waals surface area contributed by atoms with Gasteiger partial charge in [-0.3, -0.25) is 0 Å². The Morgan fingerprint density at radius 3 is 2.20 bits per heavy atom. The normalized spacial score (nSPS) is 12.3. The van der Waals surface area contributed by atoms with Crippen LogP contribution in [0.2, 0.25) is 0 Å². The van der Waals surface area contributed by atoms with Crippen molar-refractivity contribution in [3.63, 3.8) is 0 Å². The van der Waals surface area contributed by atoms with Crippen LogP contribution in [0.25, 0.3) is 0 Å². The highest BCUT2D eigenvalue weighted by molar-refractivity contribution is 9.09. The molecule has 0 heterocycles. The lowest BCUT2D eigenvalue weighted by molar-refractivity contribution is 0.405. The number of halogens is 3. The first-order chi connectivity index (χ1) is 9.43. The Kier molecular flexibility index (Phi) is 4.43. The summed E-state index contributed by atoms with van der Waals surface area (Å²) in [6.45, 7) is 3.87. The molecule has 0 saturated carbocycles. The molecule has 106 valence electrons. The van der Waals surface area contributed by atoms with E-state index in [4.69, 9.17) is 4.74 Å². The summed E-state index contributed by atoms with van der Waals surface area (Å²) in [7, 11) is 1.38. The number of alkyl halides is 1. The number of hydrogen-bond donors (Lipinski definition) is 0. The Morgan fingerprint density at radius 1 is 1.05 bits per heavy atom. The monoisotopic (exact) mass is 340 g/mol. The number of ether oxygens (including phenoxy) is 1. The fraction of sp³-hybridized carbons (Fsp3) is 0.250. The molecule has 1 atom stereocenters. The van der Waals surface area contributed by atoms with Gasteiger partial charge in [0.05, 0.1) is 11.9 Å². The average Bonchev–Trinajstić information content (AvgIpc) is 2.40. The van der Waals surface area contributed by atoms with E-state index in [1.165, 1.54) is 19.2 Å². The van der Waals surface area contributed by atoms with E-state index in [1.807, 2.05) is 32.0 Å². The summed E-state index contributed by atoms with van der Waals surface area (Å²) < 4.78 is 33.1. The second-order valence-electron chi connectivity index (χ2n) is 4.73. The molecule has 0 aliphatic rings. The number of methoxy groups -OCH3 is 1. The lowest BCUT2D eigenvalue weighted by Crippen LogP contribution is -2.03. The molecule has 2 aromatic carbocycles. The van der Waals surface area contributed by atoms with Gasteiger partial charge in [0.15, 0.2) is 0 Å². The lowest BCUT2D eigenvalue weighted by atomic mass is 9.97. The quantitative estimate of drug-likeness (QED) is 0.708. The predicted octanol–water partition coefficient (Wildman–Crippen LogP) is 5.07. The summed E-state index contributed by atoms with van der Waals surface area (Å²) in [5.74, 6) is -1.07. The van der Waals surface area contributed by atoms with Crippen LogP contribution in [-0.2, 0) is 0 Å². The first-order valence-corrected chi connectivity index (χ1v) is 7.09. The van der Waals surface area contributed by atoms with Crippen LogP contribution in [-0.4, -0.2) is 7.11 Å². The minimum absolute atomic E-state index is 0.000463. The van der Waals surface area contributed by atoms with Crippen molar-refractivity contribution < 1.29 is 13.5 Å². The molecular formula is C16H15BrF2O. The van der Waals surface area contributed by atoms with Crippen molar-refractivity contribution in [3.8, 4) is 5.75 Å². The summed E-state index contributed by atoms with van der Waals surface area (Å²) in [6, 6.07) is 8.23. The maximum atomic E-state index is 14.1. The van der Waals surface area contributed by atoms with E-state index in [1.54, 1.807) is 0 Å². The zero-order chi connectivity index (χ0) is 14.9. The van der Waals surface area contributed by atoms with Gasteiger partial charge in [-0.25, -0.2) is 8.78 Å². The van der Waals surface area contributed by atoms with Crippen LogP contribution in [0.5, 0.6) is 5.75 Å². The van der Waals surface area contributed by atoms with E-state index in [9.17, 15) is 8.78 Å². The molecule has 0 amide bonds. The van der Waals surface area contributed by atoms with Gasteiger partial charge in [0.1, 0.15) is 17.4 Å². The summed E-state index contributed by atoms with van der Waals surface area (Å²) in [5, 5.41) is 0. The van der Waals surface area contributed by atoms with Crippen LogP contribution in [0.15, 0.2) is 30.3 Å². The molecule has 1 nitrogen and oxygen atoms in total. The molecule has 2 aromatic rings. The molecule has 20 heavy (non-hydrogen) atoms. The molecule has 0 aliphatic heterocycles. The van der Waals surface area contributed by atoms with Crippen molar-refractivity contribution in [2.24, 2.45) is 0 Å². The van der Waals surface area contributed by atoms with Gasteiger partial charge in [-0.15, -0.1) is 0 Å². The van der Waals surface area contributed by atoms with Crippen molar-refractivity contribution in [1.82, 2.24) is 0 Å².